The van der Waals surface area contributed by atoms with E-state index in [1.54, 1.807) is 24.3 Å². The summed E-state index contributed by atoms with van der Waals surface area (Å²) in [4.78, 5) is 10.0. The van der Waals surface area contributed by atoms with Gasteiger partial charge in [-0.25, -0.2) is 0 Å². The van der Waals surface area contributed by atoms with Crippen LogP contribution in [0.4, 0.5) is 22.7 Å². The van der Waals surface area contributed by atoms with Crippen LogP contribution in [0.15, 0.2) is 158 Å². The molecular formula is C72H86Co2N6O2. The maximum absolute atomic E-state index is 11.8. The Morgan fingerprint density at radius 1 is 0.293 bits per heavy atom. The predicted molar refractivity (Wildman–Crippen MR) is 338 cm³/mol. The first-order chi connectivity index (χ1) is 38.1. The minimum atomic E-state index is -0.408. The first-order valence-electron chi connectivity index (χ1n) is 28.8. The number of nitrogens with one attached hydrogen (secondary N) is 4. The number of benzene rings is 7. The second kappa shape index (κ2) is 29.9. The third-order valence-electron chi connectivity index (χ3n) is 15.0. The third kappa shape index (κ3) is 16.7. The van der Waals surface area contributed by atoms with E-state index in [9.17, 15) is 10.2 Å². The van der Waals surface area contributed by atoms with Crippen molar-refractivity contribution in [3.05, 3.63) is 225 Å². The molecule has 0 aliphatic heterocycles. The molecule has 0 fully saturated rings. The summed E-state index contributed by atoms with van der Waals surface area (Å²) in [7, 11) is 0. The fraction of sp³-hybridized carbons (Fsp3) is 0.333. The van der Waals surface area contributed by atoms with Gasteiger partial charge in [-0.2, -0.15) is 0 Å². The van der Waals surface area contributed by atoms with Crippen LogP contribution in [0.25, 0.3) is 21.5 Å². The Balaban J connectivity index is 0.000000234. The molecule has 2 heterocycles. The van der Waals surface area contributed by atoms with Gasteiger partial charge in [0.1, 0.15) is 0 Å². The molecule has 0 spiro atoms. The molecule has 0 radical (unpaired) electrons. The van der Waals surface area contributed by atoms with Gasteiger partial charge in [-0.15, -0.1) is 11.5 Å². The van der Waals surface area contributed by atoms with Gasteiger partial charge in [0.2, 0.25) is 0 Å². The molecule has 4 N–H and O–H groups in total. The molecule has 0 saturated heterocycles. The van der Waals surface area contributed by atoms with Gasteiger partial charge in [0, 0.05) is 22.7 Å². The molecule has 7 aromatic carbocycles. The van der Waals surface area contributed by atoms with Crippen LogP contribution < -0.4 is 31.5 Å². The standard InChI is InChI=1S/2C29H39N3.C14H10O2.2Co/c2*1-18(2)24-16-20(5)12-14-28(24)30-22(7)26-10-9-11-27(32-26)23(8)31-29-15-13-21(6)17-25(29)19(3)4;15-13-11-7-3-1-5-9(11)10-6-2-4-8-12(10)14(13)16;;/h2*9-19,22-23,30-31H,1-8H3;1-8,15-16H;;/q;;;2*+1/p-2. The molecule has 0 bridgehead atoms. The van der Waals surface area contributed by atoms with Crippen LogP contribution in [-0.2, 0) is 33.6 Å². The predicted octanol–water partition coefficient (Wildman–Crippen LogP) is 18.7. The number of aryl methyl sites for hydroxylation is 4. The van der Waals surface area contributed by atoms with Crippen LogP contribution in [0, 0.1) is 27.7 Å². The average Bonchev–Trinajstić information content (AvgIpc) is 3.64. The number of fused-ring (bicyclic) bond motifs is 3. The Morgan fingerprint density at radius 3 is 0.732 bits per heavy atom. The van der Waals surface area contributed by atoms with Gasteiger partial charge in [-0.1, -0.05) is 187 Å². The van der Waals surface area contributed by atoms with E-state index in [0.29, 0.717) is 34.4 Å². The van der Waals surface area contributed by atoms with Gasteiger partial charge in [-0.3, -0.25) is 9.97 Å². The molecule has 434 valence electrons. The molecule has 2 aromatic heterocycles. The zero-order chi connectivity index (χ0) is 57.9. The number of pyridine rings is 2. The molecule has 4 unspecified atom stereocenters. The smallest absolute Gasteiger partial charge is 0.872 e. The topological polar surface area (TPSA) is 120 Å². The van der Waals surface area contributed by atoms with Crippen LogP contribution in [-0.4, -0.2) is 9.97 Å². The first kappa shape index (κ1) is 66.0. The molecule has 8 nitrogen and oxygen atoms in total. The van der Waals surface area contributed by atoms with Gasteiger partial charge >= 0.3 is 33.6 Å². The van der Waals surface area contributed by atoms with Gasteiger partial charge < -0.3 is 31.5 Å². The number of aromatic nitrogens is 2. The van der Waals surface area contributed by atoms with Crippen molar-refractivity contribution in [1.29, 1.82) is 0 Å². The van der Waals surface area contributed by atoms with Crippen molar-refractivity contribution >= 4 is 44.3 Å². The van der Waals surface area contributed by atoms with Crippen molar-refractivity contribution < 1.29 is 43.8 Å². The summed E-state index contributed by atoms with van der Waals surface area (Å²) >= 11 is 0. The SMILES string of the molecule is Cc1ccc(NC(C)c2cccc(C(C)Nc3ccc(C)cc3C(C)C)n2)c(C(C)C)c1.Cc1ccc(NC(C)c2cccc(C(C)Nc3ccc(C)cc3C(C)C)n2)c(C(C)C)c1.[Co+].[Co+].[O-]c1c([O-])c2ccccc2c2ccccc12. The van der Waals surface area contributed by atoms with Gasteiger partial charge in [0.15, 0.2) is 0 Å². The summed E-state index contributed by atoms with van der Waals surface area (Å²) in [5, 5.41) is 41.2. The van der Waals surface area contributed by atoms with E-state index in [1.807, 2.05) is 24.3 Å². The molecule has 0 aliphatic rings. The molecule has 82 heavy (non-hydrogen) atoms. The second-order valence-electron chi connectivity index (χ2n) is 23.2. The van der Waals surface area contributed by atoms with Crippen molar-refractivity contribution in [1.82, 2.24) is 9.97 Å². The monoisotopic (exact) mass is 1180 g/mol. The quantitative estimate of drug-likeness (QED) is 0.0706. The molecule has 0 saturated carbocycles. The molecule has 10 heteroatoms. The Kier molecular flexibility index (Phi) is 24.1. The van der Waals surface area contributed by atoms with Crippen molar-refractivity contribution in [2.24, 2.45) is 0 Å². The van der Waals surface area contributed by atoms with E-state index in [4.69, 9.17) is 9.97 Å². The van der Waals surface area contributed by atoms with E-state index < -0.39 is 11.5 Å². The van der Waals surface area contributed by atoms with Crippen LogP contribution in [0.5, 0.6) is 11.5 Å². The number of anilines is 4. The molecule has 9 rings (SSSR count). The van der Waals surface area contributed by atoms with Gasteiger partial charge in [0.25, 0.3) is 0 Å². The maximum atomic E-state index is 11.8. The summed E-state index contributed by atoms with van der Waals surface area (Å²) in [5.74, 6) is 1.06. The van der Waals surface area contributed by atoms with E-state index in [2.05, 4.69) is 241 Å². The fourth-order valence-electron chi connectivity index (χ4n) is 10.4. The Bertz CT molecular complexity index is 3150. The minimum Gasteiger partial charge on any atom is -0.872 e. The van der Waals surface area contributed by atoms with Gasteiger partial charge in [0.05, 0.1) is 46.9 Å². The number of nitrogens with zero attached hydrogens (tertiary/aromatic N) is 2. The molecule has 4 atom stereocenters. The summed E-state index contributed by atoms with van der Waals surface area (Å²) in [6, 6.07) is 54.2. The summed E-state index contributed by atoms with van der Waals surface area (Å²) < 4.78 is 0. The largest absolute Gasteiger partial charge is 1.00 e. The van der Waals surface area contributed by atoms with Crippen molar-refractivity contribution in [3.63, 3.8) is 0 Å². The van der Waals surface area contributed by atoms with Crippen molar-refractivity contribution in [2.75, 3.05) is 21.3 Å². The maximum Gasteiger partial charge on any atom is 1.00 e. The second-order valence-corrected chi connectivity index (χ2v) is 23.2. The van der Waals surface area contributed by atoms with Crippen LogP contribution in [0.1, 0.15) is 198 Å². The van der Waals surface area contributed by atoms with Crippen LogP contribution in [0.2, 0.25) is 0 Å². The number of rotatable bonds is 16. The Morgan fingerprint density at radius 2 is 0.512 bits per heavy atom. The van der Waals surface area contributed by atoms with E-state index in [0.717, 1.165) is 33.5 Å². The fourth-order valence-corrected chi connectivity index (χ4v) is 10.4. The third-order valence-corrected chi connectivity index (χ3v) is 15.0. The Hall–Kier alpha value is -6.83. The summed E-state index contributed by atoms with van der Waals surface area (Å²) in [6.45, 7) is 35.3. The molecule has 9 aromatic rings. The molecular weight excluding hydrogens is 1100 g/mol. The summed E-state index contributed by atoms with van der Waals surface area (Å²) in [6.07, 6.45) is 0. The number of hydrogen-bond donors (Lipinski definition) is 4. The number of hydrogen-bond acceptors (Lipinski definition) is 8. The van der Waals surface area contributed by atoms with Gasteiger partial charge in [-0.05, 0) is 171 Å². The van der Waals surface area contributed by atoms with Crippen LogP contribution >= 0.6 is 0 Å². The van der Waals surface area contributed by atoms with Crippen molar-refractivity contribution in [3.8, 4) is 11.5 Å². The van der Waals surface area contributed by atoms with E-state index in [-0.39, 0.29) is 57.7 Å². The zero-order valence-corrected chi connectivity index (χ0v) is 53.1. The van der Waals surface area contributed by atoms with E-state index in [1.165, 1.54) is 67.3 Å². The summed E-state index contributed by atoms with van der Waals surface area (Å²) in [5.41, 5.74) is 19.6. The normalized spacial score (nSPS) is 12.5. The Labute approximate surface area is 511 Å². The minimum absolute atomic E-state index is 0. The zero-order valence-electron chi connectivity index (χ0n) is 51.0. The molecule has 0 amide bonds. The van der Waals surface area contributed by atoms with Crippen molar-refractivity contribution in [2.45, 2.75) is 159 Å². The van der Waals surface area contributed by atoms with E-state index >= 15 is 0 Å². The average molecular weight is 1190 g/mol. The van der Waals surface area contributed by atoms with Crippen LogP contribution in [0.3, 0.4) is 0 Å². The molecule has 0 aliphatic carbocycles. The first-order valence-corrected chi connectivity index (χ1v) is 28.8.